The van der Waals surface area contributed by atoms with Crippen LogP contribution in [0.5, 0.6) is 5.75 Å². The van der Waals surface area contributed by atoms with Gasteiger partial charge in [0.15, 0.2) is 0 Å². The molecule has 0 aliphatic heterocycles. The molecule has 0 spiro atoms. The van der Waals surface area contributed by atoms with Gasteiger partial charge in [0, 0.05) is 6.92 Å². The Morgan fingerprint density at radius 3 is 2.00 bits per heavy atom. The van der Waals surface area contributed by atoms with Crippen LogP contribution in [0, 0.1) is 0 Å². The fraction of sp³-hybridized carbons (Fsp3) is 0.200. The van der Waals surface area contributed by atoms with Crippen LogP contribution >= 0.6 is 0 Å². The van der Waals surface area contributed by atoms with E-state index in [2.05, 4.69) is 0 Å². The van der Waals surface area contributed by atoms with E-state index < -0.39 is 0 Å². The maximum absolute atomic E-state index is 10.7. The number of rotatable bonds is 1. The van der Waals surface area contributed by atoms with Crippen LogP contribution in [0.1, 0.15) is 20.8 Å². The van der Waals surface area contributed by atoms with Crippen molar-refractivity contribution in [2.24, 2.45) is 0 Å². The zero-order valence-corrected chi connectivity index (χ0v) is 10.8. The van der Waals surface area contributed by atoms with Crippen LogP contribution in [0.3, 0.4) is 0 Å². The highest BCUT2D eigenvalue weighted by Crippen LogP contribution is 2.20. The Kier molecular flexibility index (Phi) is 5.06. The molecule has 0 radical (unpaired) electrons. The summed E-state index contributed by atoms with van der Waals surface area (Å²) < 4.78 is 4.98. The van der Waals surface area contributed by atoms with E-state index in [0.717, 1.165) is 10.8 Å². The molecular weight excluding hydrogens is 228 g/mol. The molecule has 2 aromatic carbocycles. The van der Waals surface area contributed by atoms with E-state index in [-0.39, 0.29) is 11.8 Å². The predicted molar refractivity (Wildman–Crippen MR) is 71.6 cm³/mol. The van der Waals surface area contributed by atoms with Crippen molar-refractivity contribution < 1.29 is 14.3 Å². The van der Waals surface area contributed by atoms with E-state index in [1.807, 2.05) is 36.4 Å². The van der Waals surface area contributed by atoms with Gasteiger partial charge in [-0.05, 0) is 36.8 Å². The number of fused-ring (bicyclic) bond motifs is 1. The van der Waals surface area contributed by atoms with Crippen molar-refractivity contribution in [1.82, 2.24) is 0 Å². The maximum atomic E-state index is 10.7. The average Bonchev–Trinajstić information content (AvgIpc) is 2.27. The first-order valence-corrected chi connectivity index (χ1v) is 5.63. The van der Waals surface area contributed by atoms with E-state index in [1.54, 1.807) is 6.07 Å². The highest BCUT2D eigenvalue weighted by Gasteiger charge is 1.98. The standard InChI is InChI=1S/C12H10O2.C3H6O/c1-9(13)14-12-7-6-10-4-2-3-5-11(10)8-12;1-3(2)4/h2-8H,1H3;1-2H3. The molecule has 2 rings (SSSR count). The van der Waals surface area contributed by atoms with Crippen LogP contribution in [-0.2, 0) is 9.59 Å². The first kappa shape index (κ1) is 13.9. The molecule has 0 aliphatic carbocycles. The van der Waals surface area contributed by atoms with E-state index in [9.17, 15) is 9.59 Å². The fourth-order valence-electron chi connectivity index (χ4n) is 1.40. The monoisotopic (exact) mass is 244 g/mol. The summed E-state index contributed by atoms with van der Waals surface area (Å²) in [6.07, 6.45) is 0. The number of ether oxygens (including phenoxy) is 1. The summed E-state index contributed by atoms with van der Waals surface area (Å²) in [5.41, 5.74) is 0. The van der Waals surface area contributed by atoms with Gasteiger partial charge in [-0.3, -0.25) is 4.79 Å². The quantitative estimate of drug-likeness (QED) is 0.570. The topological polar surface area (TPSA) is 43.4 Å². The molecule has 0 N–H and O–H groups in total. The lowest BCUT2D eigenvalue weighted by atomic mass is 10.1. The number of carbonyl (C=O) groups excluding carboxylic acids is 2. The SMILES string of the molecule is CC(=O)Oc1ccc2ccccc2c1.CC(C)=O. The minimum atomic E-state index is -0.291. The summed E-state index contributed by atoms with van der Waals surface area (Å²) in [6, 6.07) is 13.5. The first-order chi connectivity index (χ1) is 8.49. The van der Waals surface area contributed by atoms with Crippen molar-refractivity contribution in [3.8, 4) is 5.75 Å². The molecule has 0 saturated carbocycles. The van der Waals surface area contributed by atoms with Gasteiger partial charge in [-0.25, -0.2) is 0 Å². The Labute approximate surface area is 106 Å². The van der Waals surface area contributed by atoms with E-state index in [4.69, 9.17) is 4.74 Å². The third-order valence-corrected chi connectivity index (χ3v) is 1.98. The molecule has 94 valence electrons. The lowest BCUT2D eigenvalue weighted by molar-refractivity contribution is -0.131. The molecule has 0 atom stereocenters. The number of carbonyl (C=O) groups is 2. The van der Waals surface area contributed by atoms with Gasteiger partial charge >= 0.3 is 5.97 Å². The number of hydrogen-bond donors (Lipinski definition) is 0. The van der Waals surface area contributed by atoms with E-state index in [0.29, 0.717) is 5.75 Å². The molecule has 0 saturated heterocycles. The second kappa shape index (κ2) is 6.55. The Balaban J connectivity index is 0.000000357. The Hall–Kier alpha value is -2.16. The van der Waals surface area contributed by atoms with Gasteiger partial charge in [-0.1, -0.05) is 30.3 Å². The molecule has 3 heteroatoms. The molecule has 0 aliphatic rings. The summed E-state index contributed by atoms with van der Waals surface area (Å²) in [6.45, 7) is 4.45. The minimum absolute atomic E-state index is 0.167. The van der Waals surface area contributed by atoms with E-state index in [1.165, 1.54) is 20.8 Å². The average molecular weight is 244 g/mol. The predicted octanol–water partition coefficient (Wildman–Crippen LogP) is 3.36. The van der Waals surface area contributed by atoms with Crippen LogP contribution in [0.25, 0.3) is 10.8 Å². The van der Waals surface area contributed by atoms with E-state index >= 15 is 0 Å². The lowest BCUT2D eigenvalue weighted by Gasteiger charge is -2.02. The van der Waals surface area contributed by atoms with Crippen LogP contribution < -0.4 is 4.74 Å². The number of ketones is 1. The molecule has 18 heavy (non-hydrogen) atoms. The van der Waals surface area contributed by atoms with Gasteiger partial charge < -0.3 is 9.53 Å². The number of benzene rings is 2. The zero-order chi connectivity index (χ0) is 13.5. The van der Waals surface area contributed by atoms with Gasteiger partial charge in [0.25, 0.3) is 0 Å². The molecule has 2 aromatic rings. The summed E-state index contributed by atoms with van der Waals surface area (Å²) >= 11 is 0. The minimum Gasteiger partial charge on any atom is -0.427 e. The van der Waals surface area contributed by atoms with Crippen LogP contribution in [0.4, 0.5) is 0 Å². The second-order valence-corrected chi connectivity index (χ2v) is 4.01. The highest BCUT2D eigenvalue weighted by atomic mass is 16.5. The molecule has 0 heterocycles. The lowest BCUT2D eigenvalue weighted by Crippen LogP contribution is -2.00. The zero-order valence-electron chi connectivity index (χ0n) is 10.8. The summed E-state index contributed by atoms with van der Waals surface area (Å²) in [5, 5.41) is 2.22. The number of Topliss-reactive ketones (excluding diaryl/α,β-unsaturated/α-hetero) is 1. The van der Waals surface area contributed by atoms with Gasteiger partial charge in [-0.15, -0.1) is 0 Å². The molecule has 0 unspecified atom stereocenters. The maximum Gasteiger partial charge on any atom is 0.308 e. The molecule has 3 nitrogen and oxygen atoms in total. The van der Waals surface area contributed by atoms with Gasteiger partial charge in [-0.2, -0.15) is 0 Å². The van der Waals surface area contributed by atoms with Crippen LogP contribution in [0.15, 0.2) is 42.5 Å². The van der Waals surface area contributed by atoms with Gasteiger partial charge in [0.2, 0.25) is 0 Å². The third-order valence-electron chi connectivity index (χ3n) is 1.98. The smallest absolute Gasteiger partial charge is 0.308 e. The summed E-state index contributed by atoms with van der Waals surface area (Å²) in [5.74, 6) is 0.469. The Bertz CT molecular complexity index is 554. The largest absolute Gasteiger partial charge is 0.427 e. The van der Waals surface area contributed by atoms with Crippen LogP contribution in [0.2, 0.25) is 0 Å². The van der Waals surface area contributed by atoms with Crippen molar-refractivity contribution in [2.45, 2.75) is 20.8 Å². The molecular formula is C15H16O3. The molecule has 0 fully saturated rings. The molecule has 0 bridgehead atoms. The second-order valence-electron chi connectivity index (χ2n) is 4.01. The van der Waals surface area contributed by atoms with Crippen molar-refractivity contribution in [1.29, 1.82) is 0 Å². The first-order valence-electron chi connectivity index (χ1n) is 5.63. The van der Waals surface area contributed by atoms with Crippen LogP contribution in [-0.4, -0.2) is 11.8 Å². The number of esters is 1. The highest BCUT2D eigenvalue weighted by molar-refractivity contribution is 5.84. The number of hydrogen-bond acceptors (Lipinski definition) is 3. The Morgan fingerprint density at radius 1 is 0.889 bits per heavy atom. The van der Waals surface area contributed by atoms with Gasteiger partial charge in [0.05, 0.1) is 0 Å². The third kappa shape index (κ3) is 4.78. The molecule has 0 amide bonds. The summed E-state index contributed by atoms with van der Waals surface area (Å²) in [7, 11) is 0. The van der Waals surface area contributed by atoms with Crippen molar-refractivity contribution in [3.05, 3.63) is 42.5 Å². The molecule has 0 aromatic heterocycles. The van der Waals surface area contributed by atoms with Gasteiger partial charge in [0.1, 0.15) is 11.5 Å². The van der Waals surface area contributed by atoms with Crippen molar-refractivity contribution in [2.75, 3.05) is 0 Å². The van der Waals surface area contributed by atoms with Crippen molar-refractivity contribution >= 4 is 22.5 Å². The Morgan fingerprint density at radius 2 is 1.44 bits per heavy atom. The summed E-state index contributed by atoms with van der Waals surface area (Å²) in [4.78, 5) is 20.2. The van der Waals surface area contributed by atoms with Crippen molar-refractivity contribution in [3.63, 3.8) is 0 Å². The normalized spacial score (nSPS) is 9.28. The fourth-order valence-corrected chi connectivity index (χ4v) is 1.40.